The summed E-state index contributed by atoms with van der Waals surface area (Å²) in [6.45, 7) is 1.32. The van der Waals surface area contributed by atoms with E-state index in [2.05, 4.69) is 15.9 Å². The molecule has 9 heteroatoms. The number of nitrogens with zero attached hydrogens (tertiary/aromatic N) is 2. The van der Waals surface area contributed by atoms with Crippen LogP contribution in [0.5, 0.6) is 5.75 Å². The van der Waals surface area contributed by atoms with Crippen LogP contribution in [-0.2, 0) is 0 Å². The van der Waals surface area contributed by atoms with Crippen molar-refractivity contribution in [2.75, 3.05) is 0 Å². The number of nitro benzene ring substituents is 1. The number of carbonyl (C=O) groups excluding carboxylic acids is 1. The van der Waals surface area contributed by atoms with Gasteiger partial charge in [0.25, 0.3) is 5.69 Å². The van der Waals surface area contributed by atoms with Crippen LogP contribution in [-0.4, -0.2) is 15.8 Å². The summed E-state index contributed by atoms with van der Waals surface area (Å²) >= 11 is 3.25. The summed E-state index contributed by atoms with van der Waals surface area (Å²) in [5.41, 5.74) is 0.199. The molecule has 0 spiro atoms. The number of non-ortho nitro benzene ring substituents is 1. The van der Waals surface area contributed by atoms with Gasteiger partial charge in [-0.2, -0.15) is 0 Å². The summed E-state index contributed by atoms with van der Waals surface area (Å²) in [5.74, 6) is -0.599. The highest BCUT2D eigenvalue weighted by atomic mass is 79.9. The Morgan fingerprint density at radius 3 is 2.32 bits per heavy atom. The van der Waals surface area contributed by atoms with Gasteiger partial charge in [-0.15, -0.1) is 0 Å². The third-order valence-electron chi connectivity index (χ3n) is 3.14. The predicted molar refractivity (Wildman–Crippen MR) is 92.8 cm³/mol. The lowest BCUT2D eigenvalue weighted by Crippen LogP contribution is -2.09. The van der Waals surface area contributed by atoms with Crippen LogP contribution in [0.3, 0.4) is 0 Å². The molecule has 0 N–H and O–H groups in total. The molecule has 128 valence electrons. The molecule has 0 amide bonds. The maximum atomic E-state index is 12.2. The highest BCUT2D eigenvalue weighted by Crippen LogP contribution is 2.26. The van der Waals surface area contributed by atoms with Crippen molar-refractivity contribution in [1.82, 2.24) is 0 Å². The second-order valence-corrected chi connectivity index (χ2v) is 5.83. The summed E-state index contributed by atoms with van der Waals surface area (Å²) in [6, 6.07) is 9.62. The van der Waals surface area contributed by atoms with Crippen molar-refractivity contribution >= 4 is 33.7 Å². The van der Waals surface area contributed by atoms with Gasteiger partial charge in [0.05, 0.1) is 15.4 Å². The molecule has 0 aliphatic rings. The fourth-order valence-corrected chi connectivity index (χ4v) is 2.26. The largest absolute Gasteiger partial charge is 0.422 e. The number of nitro groups is 2. The van der Waals surface area contributed by atoms with Crippen LogP contribution < -0.4 is 4.74 Å². The molecule has 0 fully saturated rings. The number of halogens is 1. The van der Waals surface area contributed by atoms with E-state index in [-0.39, 0.29) is 22.7 Å². The van der Waals surface area contributed by atoms with Gasteiger partial charge in [0.2, 0.25) is 5.70 Å². The lowest BCUT2D eigenvalue weighted by Gasteiger charge is -2.08. The Bertz CT molecular complexity index is 877. The van der Waals surface area contributed by atoms with E-state index in [1.165, 1.54) is 43.3 Å². The SMILES string of the molecule is C/C(=C\c1cc(Br)ccc1OC(=O)c1ccc([N+](=O)[O-])cc1)[N+](=O)[O-]. The Hall–Kier alpha value is -3.07. The topological polar surface area (TPSA) is 113 Å². The summed E-state index contributed by atoms with van der Waals surface area (Å²) in [6.07, 6.45) is 1.28. The van der Waals surface area contributed by atoms with E-state index < -0.39 is 15.8 Å². The first-order valence-corrected chi connectivity index (χ1v) is 7.66. The molecular weight excluding hydrogens is 396 g/mol. The van der Waals surface area contributed by atoms with Crippen LogP contribution in [0.4, 0.5) is 5.69 Å². The zero-order valence-electron chi connectivity index (χ0n) is 12.8. The Morgan fingerprint density at radius 1 is 1.12 bits per heavy atom. The second-order valence-electron chi connectivity index (χ2n) is 4.92. The standard InChI is InChI=1S/C16H11BrN2O6/c1-10(18(21)22)8-12-9-13(17)4-7-15(12)25-16(20)11-2-5-14(6-3-11)19(23)24/h2-9H,1H3/b10-8+. The van der Waals surface area contributed by atoms with E-state index in [0.717, 1.165) is 0 Å². The number of esters is 1. The second kappa shape index (κ2) is 7.67. The minimum Gasteiger partial charge on any atom is -0.422 e. The highest BCUT2D eigenvalue weighted by molar-refractivity contribution is 9.10. The molecule has 0 aliphatic carbocycles. The smallest absolute Gasteiger partial charge is 0.343 e. The van der Waals surface area contributed by atoms with Crippen LogP contribution >= 0.6 is 15.9 Å². The van der Waals surface area contributed by atoms with Crippen LogP contribution in [0.25, 0.3) is 6.08 Å². The van der Waals surface area contributed by atoms with Crippen molar-refractivity contribution in [3.05, 3.63) is 84.0 Å². The maximum Gasteiger partial charge on any atom is 0.343 e. The average molecular weight is 407 g/mol. The third kappa shape index (κ3) is 4.70. The zero-order chi connectivity index (χ0) is 18.6. The Morgan fingerprint density at radius 2 is 1.76 bits per heavy atom. The number of carbonyl (C=O) groups is 1. The third-order valence-corrected chi connectivity index (χ3v) is 3.63. The molecule has 0 aliphatic heterocycles. The first-order chi connectivity index (χ1) is 11.8. The lowest BCUT2D eigenvalue weighted by atomic mass is 10.1. The van der Waals surface area contributed by atoms with Crippen molar-refractivity contribution in [2.24, 2.45) is 0 Å². The fourth-order valence-electron chi connectivity index (χ4n) is 1.88. The van der Waals surface area contributed by atoms with Gasteiger partial charge in [0.15, 0.2) is 0 Å². The molecule has 2 aromatic rings. The molecule has 2 aromatic carbocycles. The van der Waals surface area contributed by atoms with Gasteiger partial charge >= 0.3 is 5.97 Å². The average Bonchev–Trinajstić information content (AvgIpc) is 2.57. The highest BCUT2D eigenvalue weighted by Gasteiger charge is 2.14. The van der Waals surface area contributed by atoms with Crippen LogP contribution in [0.1, 0.15) is 22.8 Å². The van der Waals surface area contributed by atoms with Crippen molar-refractivity contribution in [1.29, 1.82) is 0 Å². The molecular formula is C16H11BrN2O6. The lowest BCUT2D eigenvalue weighted by molar-refractivity contribution is -0.422. The Labute approximate surface area is 150 Å². The van der Waals surface area contributed by atoms with Gasteiger partial charge in [-0.05, 0) is 30.3 Å². The van der Waals surface area contributed by atoms with E-state index in [0.29, 0.717) is 10.0 Å². The molecule has 8 nitrogen and oxygen atoms in total. The summed E-state index contributed by atoms with van der Waals surface area (Å²) in [4.78, 5) is 32.5. The Balaban J connectivity index is 2.30. The molecule has 2 rings (SSSR count). The van der Waals surface area contributed by atoms with Gasteiger partial charge in [-0.1, -0.05) is 15.9 Å². The minimum absolute atomic E-state index is 0.120. The Kier molecular flexibility index (Phi) is 5.60. The minimum atomic E-state index is -0.731. The van der Waals surface area contributed by atoms with E-state index >= 15 is 0 Å². The monoisotopic (exact) mass is 406 g/mol. The summed E-state index contributed by atoms with van der Waals surface area (Å²) < 4.78 is 5.93. The number of hydrogen-bond donors (Lipinski definition) is 0. The molecule has 0 saturated heterocycles. The zero-order valence-corrected chi connectivity index (χ0v) is 14.4. The number of rotatable bonds is 5. The van der Waals surface area contributed by atoms with E-state index in [1.54, 1.807) is 12.1 Å². The summed E-state index contributed by atoms with van der Waals surface area (Å²) in [5, 5.41) is 21.4. The first-order valence-electron chi connectivity index (χ1n) is 6.87. The number of hydrogen-bond acceptors (Lipinski definition) is 6. The number of benzene rings is 2. The van der Waals surface area contributed by atoms with Crippen LogP contribution in [0.2, 0.25) is 0 Å². The molecule has 25 heavy (non-hydrogen) atoms. The van der Waals surface area contributed by atoms with Crippen molar-refractivity contribution < 1.29 is 19.4 Å². The van der Waals surface area contributed by atoms with Crippen molar-refractivity contribution in [2.45, 2.75) is 6.92 Å². The van der Waals surface area contributed by atoms with Gasteiger partial charge in [-0.3, -0.25) is 20.2 Å². The number of allylic oxidation sites excluding steroid dienone is 1. The van der Waals surface area contributed by atoms with E-state index in [4.69, 9.17) is 4.74 Å². The van der Waals surface area contributed by atoms with Crippen LogP contribution in [0.15, 0.2) is 52.6 Å². The predicted octanol–water partition coefficient (Wildman–Crippen LogP) is 4.21. The number of ether oxygens (including phenoxy) is 1. The molecule has 0 radical (unpaired) electrons. The van der Waals surface area contributed by atoms with Crippen molar-refractivity contribution in [3.63, 3.8) is 0 Å². The van der Waals surface area contributed by atoms with Gasteiger partial charge in [0, 0.05) is 35.2 Å². The molecule has 0 unspecified atom stereocenters. The van der Waals surface area contributed by atoms with E-state index in [9.17, 15) is 25.0 Å². The quantitative estimate of drug-likeness (QED) is 0.318. The molecule has 0 heterocycles. The van der Waals surface area contributed by atoms with Gasteiger partial charge in [-0.25, -0.2) is 4.79 Å². The van der Waals surface area contributed by atoms with Gasteiger partial charge < -0.3 is 4.74 Å². The van der Waals surface area contributed by atoms with Crippen molar-refractivity contribution in [3.8, 4) is 5.75 Å². The molecule has 0 aromatic heterocycles. The maximum absolute atomic E-state index is 12.2. The summed E-state index contributed by atoms with van der Waals surface area (Å²) in [7, 11) is 0. The van der Waals surface area contributed by atoms with Gasteiger partial charge in [0.1, 0.15) is 5.75 Å². The molecule has 0 atom stereocenters. The van der Waals surface area contributed by atoms with Crippen LogP contribution in [0, 0.1) is 20.2 Å². The normalized spacial score (nSPS) is 11.0. The first kappa shape index (κ1) is 18.3. The van der Waals surface area contributed by atoms with E-state index in [1.807, 2.05) is 0 Å². The molecule has 0 saturated carbocycles. The molecule has 0 bridgehead atoms. The fraction of sp³-hybridized carbons (Fsp3) is 0.0625.